The van der Waals surface area contributed by atoms with Crippen LogP contribution < -0.4 is 0 Å². The Hall–Kier alpha value is -7.72. The minimum Gasteiger partial charge on any atom is -0.228 e. The van der Waals surface area contributed by atoms with Crippen molar-refractivity contribution in [3.8, 4) is 78.4 Å². The third-order valence-corrected chi connectivity index (χ3v) is 14.1. The van der Waals surface area contributed by atoms with E-state index >= 15 is 0 Å². The molecule has 11 aromatic rings. The second-order valence-corrected chi connectivity index (χ2v) is 17.7. The molecule has 0 amide bonds. The molecule has 0 fully saturated rings. The van der Waals surface area contributed by atoms with Crippen LogP contribution in [0.4, 0.5) is 0 Å². The van der Waals surface area contributed by atoms with Gasteiger partial charge in [-0.3, -0.25) is 0 Å². The predicted molar refractivity (Wildman–Crippen MR) is 265 cm³/mol. The third kappa shape index (κ3) is 6.31. The summed E-state index contributed by atoms with van der Waals surface area (Å²) in [6.07, 6.45) is 0. The predicted octanol–water partition coefficient (Wildman–Crippen LogP) is 16.2. The van der Waals surface area contributed by atoms with Gasteiger partial charge >= 0.3 is 0 Å². The topological polar surface area (TPSA) is 25.8 Å². The van der Waals surface area contributed by atoms with Gasteiger partial charge in [0.2, 0.25) is 0 Å². The van der Waals surface area contributed by atoms with Crippen molar-refractivity contribution in [2.45, 2.75) is 12.3 Å². The molecule has 1 aliphatic rings. The molecule has 0 spiro atoms. The molecule has 3 heteroatoms. The van der Waals surface area contributed by atoms with E-state index in [4.69, 9.17) is 9.97 Å². The van der Waals surface area contributed by atoms with Crippen LogP contribution in [0.5, 0.6) is 0 Å². The fourth-order valence-corrected chi connectivity index (χ4v) is 10.9. The normalized spacial score (nSPS) is 14.2. The Balaban J connectivity index is 1.02. The average Bonchev–Trinajstić information content (AvgIpc) is 3.87. The van der Waals surface area contributed by atoms with Crippen molar-refractivity contribution in [1.29, 1.82) is 0 Å². The Morgan fingerprint density at radius 2 is 0.905 bits per heavy atom. The summed E-state index contributed by atoms with van der Waals surface area (Å²) in [7, 11) is 0. The van der Waals surface area contributed by atoms with Gasteiger partial charge in [0.1, 0.15) is 0 Å². The lowest BCUT2D eigenvalue weighted by molar-refractivity contribution is 0.716. The van der Waals surface area contributed by atoms with Gasteiger partial charge in [0.25, 0.3) is 0 Å². The maximum Gasteiger partial charge on any atom is 0.160 e. The van der Waals surface area contributed by atoms with Gasteiger partial charge in [-0.15, -0.1) is 11.3 Å². The highest BCUT2D eigenvalue weighted by Crippen LogP contribution is 2.55. The number of benzene rings is 9. The van der Waals surface area contributed by atoms with E-state index < -0.39 is 0 Å². The van der Waals surface area contributed by atoms with Crippen molar-refractivity contribution in [2.75, 3.05) is 0 Å². The van der Waals surface area contributed by atoms with E-state index in [2.05, 4.69) is 225 Å². The maximum atomic E-state index is 5.35. The number of hydrogen-bond acceptors (Lipinski definition) is 3. The molecule has 0 bridgehead atoms. The Bertz CT molecular complexity index is 3500. The molecule has 0 saturated carbocycles. The number of rotatable bonds is 7. The van der Waals surface area contributed by atoms with E-state index in [1.54, 1.807) is 0 Å². The van der Waals surface area contributed by atoms with Crippen LogP contribution in [0.25, 0.3) is 98.6 Å². The monoisotopic (exact) mass is 820 g/mol. The molecule has 1 aliphatic carbocycles. The summed E-state index contributed by atoms with van der Waals surface area (Å²) in [4.78, 5) is 10.6. The summed E-state index contributed by atoms with van der Waals surface area (Å²) >= 11 is 1.85. The van der Waals surface area contributed by atoms with Gasteiger partial charge in [-0.25, -0.2) is 9.97 Å². The summed E-state index contributed by atoms with van der Waals surface area (Å²) in [6, 6.07) is 81.3. The molecular weight excluding hydrogens is 781 g/mol. The molecule has 0 saturated heterocycles. The summed E-state index contributed by atoms with van der Waals surface area (Å²) in [5, 5.41) is 2.61. The van der Waals surface area contributed by atoms with Gasteiger partial charge in [0.05, 0.1) is 11.4 Å². The van der Waals surface area contributed by atoms with Crippen molar-refractivity contribution in [3.63, 3.8) is 0 Å². The zero-order chi connectivity index (χ0) is 41.9. The van der Waals surface area contributed by atoms with Crippen LogP contribution in [-0.4, -0.2) is 9.97 Å². The molecule has 0 aliphatic heterocycles. The van der Waals surface area contributed by atoms with Crippen LogP contribution in [-0.2, 0) is 5.41 Å². The number of aromatic nitrogens is 2. The second kappa shape index (κ2) is 15.0. The lowest BCUT2D eigenvalue weighted by Crippen LogP contribution is -2.23. The highest BCUT2D eigenvalue weighted by molar-refractivity contribution is 7.25. The molecule has 2 aromatic heterocycles. The standard InChI is InChI=1S/C60H40N2S/c1-60(47-20-9-4-10-21-47)53-26-13-11-22-49(53)51-25-15-24-48(58(51)60)45-34-44(39-16-5-2-6-17-39)35-46(36-45)55-38-54(61-59(62-55)42-18-7-3-8-19-42)41-30-28-40(29-31-41)43-32-33-57-52(37-43)50-23-12-14-27-56(50)63-57/h2-38H,1H3. The lowest BCUT2D eigenvalue weighted by Gasteiger charge is -2.30. The highest BCUT2D eigenvalue weighted by atomic mass is 32.1. The van der Waals surface area contributed by atoms with E-state index in [0.29, 0.717) is 5.82 Å². The molecule has 2 heterocycles. The van der Waals surface area contributed by atoms with Crippen molar-refractivity contribution >= 4 is 31.5 Å². The van der Waals surface area contributed by atoms with Crippen LogP contribution in [0, 0.1) is 0 Å². The number of hydrogen-bond donors (Lipinski definition) is 0. The summed E-state index contributed by atoms with van der Waals surface area (Å²) < 4.78 is 2.63. The van der Waals surface area contributed by atoms with E-state index in [1.165, 1.54) is 64.7 Å². The Morgan fingerprint density at radius 1 is 0.349 bits per heavy atom. The van der Waals surface area contributed by atoms with Crippen molar-refractivity contribution in [3.05, 3.63) is 241 Å². The van der Waals surface area contributed by atoms with Gasteiger partial charge < -0.3 is 0 Å². The highest BCUT2D eigenvalue weighted by Gasteiger charge is 2.42. The molecule has 296 valence electrons. The van der Waals surface area contributed by atoms with Gasteiger partial charge in [-0.2, -0.15) is 0 Å². The van der Waals surface area contributed by atoms with E-state index in [1.807, 2.05) is 17.4 Å². The Kier molecular flexibility index (Phi) is 8.84. The molecule has 0 radical (unpaired) electrons. The van der Waals surface area contributed by atoms with Crippen molar-refractivity contribution in [1.82, 2.24) is 9.97 Å². The SMILES string of the molecule is CC1(c2ccccc2)c2ccccc2-c2cccc(-c3cc(-c4ccccc4)cc(-c4cc(-c5ccc(-c6ccc7sc8ccccc8c7c6)cc5)nc(-c5ccccc5)n4)c3)c21. The van der Waals surface area contributed by atoms with Gasteiger partial charge in [0, 0.05) is 42.3 Å². The molecule has 12 rings (SSSR count). The minimum absolute atomic E-state index is 0.356. The van der Waals surface area contributed by atoms with Gasteiger partial charge in [-0.05, 0) is 111 Å². The lowest BCUT2D eigenvalue weighted by atomic mass is 9.72. The average molecular weight is 821 g/mol. The molecule has 0 N–H and O–H groups in total. The van der Waals surface area contributed by atoms with Crippen LogP contribution in [0.2, 0.25) is 0 Å². The first-order valence-corrected chi connectivity index (χ1v) is 22.4. The molecule has 1 atom stereocenters. The quantitative estimate of drug-likeness (QED) is 0.160. The molecule has 2 nitrogen and oxygen atoms in total. The number of nitrogens with zero attached hydrogens (tertiary/aromatic N) is 2. The summed E-state index contributed by atoms with van der Waals surface area (Å²) in [5.74, 6) is 0.696. The van der Waals surface area contributed by atoms with Crippen molar-refractivity contribution in [2.24, 2.45) is 0 Å². The van der Waals surface area contributed by atoms with E-state index in [0.717, 1.165) is 44.8 Å². The zero-order valence-corrected chi connectivity index (χ0v) is 35.5. The van der Waals surface area contributed by atoms with Gasteiger partial charge in [-0.1, -0.05) is 182 Å². The summed E-state index contributed by atoms with van der Waals surface area (Å²) in [6.45, 7) is 2.40. The van der Waals surface area contributed by atoms with Gasteiger partial charge in [0.15, 0.2) is 5.82 Å². The van der Waals surface area contributed by atoms with Crippen molar-refractivity contribution < 1.29 is 0 Å². The molecule has 9 aromatic carbocycles. The first kappa shape index (κ1) is 37.1. The number of thiophene rings is 1. The fraction of sp³-hybridized carbons (Fsp3) is 0.0333. The zero-order valence-electron chi connectivity index (χ0n) is 34.7. The number of fused-ring (bicyclic) bond motifs is 6. The molecule has 1 unspecified atom stereocenters. The van der Waals surface area contributed by atoms with Crippen LogP contribution in [0.3, 0.4) is 0 Å². The van der Waals surface area contributed by atoms with Crippen LogP contribution in [0.15, 0.2) is 224 Å². The maximum absolute atomic E-state index is 5.35. The van der Waals surface area contributed by atoms with Crippen LogP contribution in [0.1, 0.15) is 23.6 Å². The second-order valence-electron chi connectivity index (χ2n) is 16.6. The smallest absolute Gasteiger partial charge is 0.160 e. The molecular formula is C60H40N2S. The fourth-order valence-electron chi connectivity index (χ4n) is 9.84. The largest absolute Gasteiger partial charge is 0.228 e. The Labute approximate surface area is 371 Å². The first-order valence-electron chi connectivity index (χ1n) is 21.6. The Morgan fingerprint density at radius 3 is 1.70 bits per heavy atom. The molecule has 63 heavy (non-hydrogen) atoms. The minimum atomic E-state index is -0.356. The van der Waals surface area contributed by atoms with E-state index in [9.17, 15) is 0 Å². The summed E-state index contributed by atoms with van der Waals surface area (Å²) in [5.41, 5.74) is 18.0. The van der Waals surface area contributed by atoms with Crippen LogP contribution >= 0.6 is 11.3 Å². The third-order valence-electron chi connectivity index (χ3n) is 13.0. The van der Waals surface area contributed by atoms with E-state index in [-0.39, 0.29) is 5.41 Å². The first-order chi connectivity index (χ1) is 31.1.